The number of halogens is 2. The van der Waals surface area contributed by atoms with Gasteiger partial charge in [0.05, 0.1) is 4.90 Å². The maximum absolute atomic E-state index is 12.1. The second-order valence-electron chi connectivity index (χ2n) is 4.02. The van der Waals surface area contributed by atoms with Crippen molar-refractivity contribution in [2.45, 2.75) is 11.8 Å². The van der Waals surface area contributed by atoms with Crippen molar-refractivity contribution < 1.29 is 8.42 Å². The van der Waals surface area contributed by atoms with Crippen LogP contribution in [0.3, 0.4) is 0 Å². The molecule has 0 spiro atoms. The minimum atomic E-state index is -3.61. The first-order chi connectivity index (χ1) is 8.88. The number of nitrogens with one attached hydrogen (secondary N) is 1. The molecule has 100 valence electrons. The molecule has 0 aliphatic heterocycles. The average molecular weight is 316 g/mol. The smallest absolute Gasteiger partial charge is 0.261 e. The molecule has 0 aliphatic carbocycles. The van der Waals surface area contributed by atoms with Crippen LogP contribution in [0.4, 0.5) is 5.69 Å². The summed E-state index contributed by atoms with van der Waals surface area (Å²) in [5.74, 6) is 0. The number of hydrogen-bond acceptors (Lipinski definition) is 2. The second-order valence-corrected chi connectivity index (χ2v) is 6.55. The van der Waals surface area contributed by atoms with E-state index in [0.717, 1.165) is 5.56 Å². The van der Waals surface area contributed by atoms with E-state index in [1.54, 1.807) is 18.2 Å². The van der Waals surface area contributed by atoms with E-state index in [0.29, 0.717) is 15.7 Å². The van der Waals surface area contributed by atoms with E-state index >= 15 is 0 Å². The van der Waals surface area contributed by atoms with Gasteiger partial charge >= 0.3 is 0 Å². The van der Waals surface area contributed by atoms with Crippen LogP contribution in [0.1, 0.15) is 5.56 Å². The summed E-state index contributed by atoms with van der Waals surface area (Å²) in [6.07, 6.45) is 0. The van der Waals surface area contributed by atoms with Crippen LogP contribution in [-0.4, -0.2) is 8.42 Å². The van der Waals surface area contributed by atoms with Crippen molar-refractivity contribution in [1.82, 2.24) is 0 Å². The van der Waals surface area contributed by atoms with E-state index in [2.05, 4.69) is 4.72 Å². The Labute approximate surface area is 122 Å². The van der Waals surface area contributed by atoms with Gasteiger partial charge in [-0.2, -0.15) is 0 Å². The van der Waals surface area contributed by atoms with Gasteiger partial charge in [0.1, 0.15) is 0 Å². The van der Waals surface area contributed by atoms with Crippen LogP contribution in [0.5, 0.6) is 0 Å². The van der Waals surface area contributed by atoms with Crippen molar-refractivity contribution in [3.8, 4) is 0 Å². The van der Waals surface area contributed by atoms with E-state index in [1.807, 2.05) is 6.92 Å². The van der Waals surface area contributed by atoms with Gasteiger partial charge in [0.25, 0.3) is 10.0 Å². The molecule has 3 nitrogen and oxygen atoms in total. The van der Waals surface area contributed by atoms with Crippen LogP contribution in [0.15, 0.2) is 47.4 Å². The summed E-state index contributed by atoms with van der Waals surface area (Å²) >= 11 is 11.6. The van der Waals surface area contributed by atoms with Gasteiger partial charge in [0.2, 0.25) is 0 Å². The van der Waals surface area contributed by atoms with Gasteiger partial charge < -0.3 is 0 Å². The number of aryl methyl sites for hydroxylation is 1. The fraction of sp³-hybridized carbons (Fsp3) is 0.0769. The molecule has 2 aromatic carbocycles. The van der Waals surface area contributed by atoms with E-state index in [1.165, 1.54) is 24.3 Å². The summed E-state index contributed by atoms with van der Waals surface area (Å²) in [5, 5.41) is 1.08. The topological polar surface area (TPSA) is 46.2 Å². The SMILES string of the molecule is Cc1cc(NS(=O)(=O)c2ccc(Cl)cc2)ccc1Cl. The summed E-state index contributed by atoms with van der Waals surface area (Å²) in [4.78, 5) is 0.157. The molecule has 0 heterocycles. The minimum Gasteiger partial charge on any atom is -0.280 e. The summed E-state index contributed by atoms with van der Waals surface area (Å²) in [5.41, 5.74) is 1.27. The van der Waals surface area contributed by atoms with E-state index in [9.17, 15) is 8.42 Å². The van der Waals surface area contributed by atoms with E-state index < -0.39 is 10.0 Å². The molecule has 0 fully saturated rings. The number of rotatable bonds is 3. The fourth-order valence-corrected chi connectivity index (χ4v) is 2.83. The van der Waals surface area contributed by atoms with Crippen molar-refractivity contribution >= 4 is 38.9 Å². The highest BCUT2D eigenvalue weighted by Gasteiger charge is 2.14. The molecule has 2 rings (SSSR count). The van der Waals surface area contributed by atoms with Crippen LogP contribution < -0.4 is 4.72 Å². The third kappa shape index (κ3) is 3.41. The second kappa shape index (κ2) is 5.41. The van der Waals surface area contributed by atoms with Crippen LogP contribution in [0, 0.1) is 6.92 Å². The molecule has 0 saturated heterocycles. The Morgan fingerprint density at radius 3 is 2.21 bits per heavy atom. The van der Waals surface area contributed by atoms with Crippen LogP contribution >= 0.6 is 23.2 Å². The van der Waals surface area contributed by atoms with Gasteiger partial charge in [-0.15, -0.1) is 0 Å². The summed E-state index contributed by atoms with van der Waals surface area (Å²) < 4.78 is 26.7. The van der Waals surface area contributed by atoms with Gasteiger partial charge in [0, 0.05) is 15.7 Å². The molecule has 0 aliphatic rings. The normalized spacial score (nSPS) is 11.3. The number of hydrogen-bond donors (Lipinski definition) is 1. The molecule has 0 bridgehead atoms. The lowest BCUT2D eigenvalue weighted by Crippen LogP contribution is -2.12. The number of benzene rings is 2. The highest BCUT2D eigenvalue weighted by molar-refractivity contribution is 7.92. The predicted octanol–water partition coefficient (Wildman–Crippen LogP) is 4.10. The monoisotopic (exact) mass is 315 g/mol. The summed E-state index contributed by atoms with van der Waals surface area (Å²) in [6.45, 7) is 1.81. The summed E-state index contributed by atoms with van der Waals surface area (Å²) in [6, 6.07) is 10.9. The Kier molecular flexibility index (Phi) is 4.04. The number of anilines is 1. The lowest BCUT2D eigenvalue weighted by molar-refractivity contribution is 0.601. The first-order valence-electron chi connectivity index (χ1n) is 5.43. The molecule has 0 radical (unpaired) electrons. The van der Waals surface area contributed by atoms with Crippen molar-refractivity contribution in [3.63, 3.8) is 0 Å². The Balaban J connectivity index is 2.30. The van der Waals surface area contributed by atoms with Crippen molar-refractivity contribution in [2.75, 3.05) is 4.72 Å². The van der Waals surface area contributed by atoms with Crippen molar-refractivity contribution in [3.05, 3.63) is 58.1 Å². The zero-order chi connectivity index (χ0) is 14.0. The molecule has 0 saturated carbocycles. The minimum absolute atomic E-state index is 0.157. The third-order valence-electron chi connectivity index (χ3n) is 2.53. The quantitative estimate of drug-likeness (QED) is 0.926. The maximum Gasteiger partial charge on any atom is 0.261 e. The van der Waals surface area contributed by atoms with Crippen LogP contribution in [0.25, 0.3) is 0 Å². The van der Waals surface area contributed by atoms with Gasteiger partial charge in [-0.3, -0.25) is 4.72 Å². The molecule has 19 heavy (non-hydrogen) atoms. The molecule has 6 heteroatoms. The van der Waals surface area contributed by atoms with Gasteiger partial charge in [-0.1, -0.05) is 23.2 Å². The maximum atomic E-state index is 12.1. The van der Waals surface area contributed by atoms with Crippen molar-refractivity contribution in [1.29, 1.82) is 0 Å². The molecule has 1 N–H and O–H groups in total. The van der Waals surface area contributed by atoms with Crippen molar-refractivity contribution in [2.24, 2.45) is 0 Å². The fourth-order valence-electron chi connectivity index (χ4n) is 1.54. The molecule has 0 atom stereocenters. The molecule has 0 amide bonds. The van der Waals surface area contributed by atoms with Gasteiger partial charge in [-0.05, 0) is 55.0 Å². The van der Waals surface area contributed by atoms with E-state index in [-0.39, 0.29) is 4.90 Å². The predicted molar refractivity (Wildman–Crippen MR) is 78.4 cm³/mol. The first-order valence-corrected chi connectivity index (χ1v) is 7.67. The zero-order valence-electron chi connectivity index (χ0n) is 10.0. The Morgan fingerprint density at radius 2 is 1.63 bits per heavy atom. The van der Waals surface area contributed by atoms with E-state index in [4.69, 9.17) is 23.2 Å². The Bertz CT molecular complexity index is 697. The lowest BCUT2D eigenvalue weighted by Gasteiger charge is -2.09. The highest BCUT2D eigenvalue weighted by Crippen LogP contribution is 2.22. The number of sulfonamides is 1. The molecule has 2 aromatic rings. The standard InChI is InChI=1S/C13H11Cl2NO2S/c1-9-8-11(4-7-13(9)15)16-19(17,18)12-5-2-10(14)3-6-12/h2-8,16H,1H3. The van der Waals surface area contributed by atoms with Crippen LogP contribution in [0.2, 0.25) is 10.0 Å². The first kappa shape index (κ1) is 14.2. The molecule has 0 aromatic heterocycles. The third-order valence-corrected chi connectivity index (χ3v) is 4.61. The molecule has 0 unspecified atom stereocenters. The van der Waals surface area contributed by atoms with Gasteiger partial charge in [0.15, 0.2) is 0 Å². The molecular weight excluding hydrogens is 305 g/mol. The Morgan fingerprint density at radius 1 is 1.00 bits per heavy atom. The van der Waals surface area contributed by atoms with Crippen LogP contribution in [-0.2, 0) is 10.0 Å². The highest BCUT2D eigenvalue weighted by atomic mass is 35.5. The lowest BCUT2D eigenvalue weighted by atomic mass is 10.2. The molecular formula is C13H11Cl2NO2S. The van der Waals surface area contributed by atoms with Gasteiger partial charge in [-0.25, -0.2) is 8.42 Å². The average Bonchev–Trinajstić information content (AvgIpc) is 2.34. The summed E-state index contributed by atoms with van der Waals surface area (Å²) in [7, 11) is -3.61. The zero-order valence-corrected chi connectivity index (χ0v) is 12.4. The largest absolute Gasteiger partial charge is 0.280 e. The Hall–Kier alpha value is -1.23.